The van der Waals surface area contributed by atoms with Gasteiger partial charge in [0.15, 0.2) is 11.6 Å². The van der Waals surface area contributed by atoms with Crippen LogP contribution in [0.4, 0.5) is 5.69 Å². The summed E-state index contributed by atoms with van der Waals surface area (Å²) in [4.78, 5) is 25.7. The Kier molecular flexibility index (Phi) is 3.46. The lowest BCUT2D eigenvalue weighted by molar-refractivity contribution is -0.384. The fraction of sp³-hybridized carbons (Fsp3) is 0.167. The van der Waals surface area contributed by atoms with Gasteiger partial charge in [-0.15, -0.1) is 0 Å². The summed E-state index contributed by atoms with van der Waals surface area (Å²) in [6, 6.07) is 4.01. The summed E-state index contributed by atoms with van der Waals surface area (Å²) in [6.45, 7) is 2.86. The van der Waals surface area contributed by atoms with Gasteiger partial charge in [0.25, 0.3) is 5.69 Å². The van der Waals surface area contributed by atoms with E-state index in [1.807, 2.05) is 0 Å². The maximum Gasteiger partial charge on any atom is 0.288 e. The fourth-order valence-electron chi connectivity index (χ4n) is 1.90. The molecule has 0 aliphatic rings. The smallest absolute Gasteiger partial charge is 0.288 e. The first-order valence-electron chi connectivity index (χ1n) is 5.56. The molecular weight excluding hydrogens is 286 g/mol. The maximum absolute atomic E-state index is 11.4. The molecule has 0 spiro atoms. The van der Waals surface area contributed by atoms with Crippen LogP contribution in [0.2, 0.25) is 5.02 Å². The Labute approximate surface area is 118 Å². The van der Waals surface area contributed by atoms with Crippen LogP contribution in [0.1, 0.15) is 23.1 Å². The molecule has 0 fully saturated rings. The van der Waals surface area contributed by atoms with Gasteiger partial charge in [-0.05, 0) is 19.1 Å². The number of ketones is 1. The van der Waals surface area contributed by atoms with Gasteiger partial charge in [0, 0.05) is 18.6 Å². The highest BCUT2D eigenvalue weighted by Gasteiger charge is 2.21. The third kappa shape index (κ3) is 2.23. The topological polar surface area (TPSA) is 98.3 Å². The van der Waals surface area contributed by atoms with Crippen molar-refractivity contribution in [3.8, 4) is 11.4 Å². The minimum Gasteiger partial charge on any atom is -0.426 e. The molecule has 1 heterocycles. The average molecular weight is 296 g/mol. The molecule has 7 nitrogen and oxygen atoms in total. The molecule has 1 aromatic heterocycles. The zero-order valence-corrected chi connectivity index (χ0v) is 11.4. The molecule has 0 saturated heterocycles. The molecule has 1 aromatic carbocycles. The van der Waals surface area contributed by atoms with E-state index in [2.05, 4.69) is 4.98 Å². The van der Waals surface area contributed by atoms with Crippen LogP contribution < -0.4 is 0 Å². The highest BCUT2D eigenvalue weighted by atomic mass is 35.5. The molecular formula is C12H10ClN3O4. The van der Waals surface area contributed by atoms with Crippen molar-refractivity contribution in [1.82, 2.24) is 9.71 Å². The number of hydrogen-bond acceptors (Lipinski definition) is 5. The molecule has 2 rings (SSSR count). The molecule has 0 aliphatic carbocycles. The molecule has 20 heavy (non-hydrogen) atoms. The molecule has 1 N–H and O–H groups in total. The van der Waals surface area contributed by atoms with E-state index in [0.29, 0.717) is 16.0 Å². The molecule has 0 bridgehead atoms. The number of carbonyl (C=O) groups excluding carboxylic acids is 1. The molecule has 0 amide bonds. The molecule has 104 valence electrons. The molecule has 0 saturated carbocycles. The highest BCUT2D eigenvalue weighted by molar-refractivity contribution is 6.32. The third-order valence-electron chi connectivity index (χ3n) is 2.76. The van der Waals surface area contributed by atoms with Gasteiger partial charge in [0.1, 0.15) is 10.7 Å². The van der Waals surface area contributed by atoms with Gasteiger partial charge < -0.3 is 5.21 Å². The molecule has 0 aliphatic heterocycles. The van der Waals surface area contributed by atoms with Gasteiger partial charge in [0.2, 0.25) is 0 Å². The van der Waals surface area contributed by atoms with Crippen molar-refractivity contribution in [3.05, 3.63) is 44.7 Å². The number of carbonyl (C=O) groups is 1. The summed E-state index contributed by atoms with van der Waals surface area (Å²) >= 11 is 5.72. The van der Waals surface area contributed by atoms with Crippen molar-refractivity contribution in [3.63, 3.8) is 0 Å². The summed E-state index contributed by atoms with van der Waals surface area (Å²) in [6.07, 6.45) is 0. The van der Waals surface area contributed by atoms with Crippen LogP contribution >= 0.6 is 11.6 Å². The number of nitrogens with zero attached hydrogens (tertiary/aromatic N) is 3. The number of nitro groups is 1. The normalized spacial score (nSPS) is 10.6. The van der Waals surface area contributed by atoms with Crippen molar-refractivity contribution in [2.75, 3.05) is 0 Å². The van der Waals surface area contributed by atoms with Gasteiger partial charge in [-0.25, -0.2) is 4.98 Å². The summed E-state index contributed by atoms with van der Waals surface area (Å²) in [5.74, 6) is -0.306. The van der Waals surface area contributed by atoms with Crippen LogP contribution in [0.25, 0.3) is 11.4 Å². The monoisotopic (exact) mass is 295 g/mol. The van der Waals surface area contributed by atoms with E-state index < -0.39 is 4.92 Å². The largest absolute Gasteiger partial charge is 0.426 e. The first kappa shape index (κ1) is 14.0. The van der Waals surface area contributed by atoms with Gasteiger partial charge in [0.05, 0.1) is 10.6 Å². The lowest BCUT2D eigenvalue weighted by Crippen LogP contribution is -2.05. The Bertz CT molecular complexity index is 724. The second-order valence-electron chi connectivity index (χ2n) is 4.16. The predicted molar refractivity (Wildman–Crippen MR) is 71.3 cm³/mol. The van der Waals surface area contributed by atoms with Crippen LogP contribution in [0.3, 0.4) is 0 Å². The number of hydrogen-bond donors (Lipinski definition) is 1. The first-order valence-corrected chi connectivity index (χ1v) is 5.94. The lowest BCUT2D eigenvalue weighted by atomic mass is 10.2. The Morgan fingerprint density at radius 3 is 2.65 bits per heavy atom. The molecule has 8 heteroatoms. The fourth-order valence-corrected chi connectivity index (χ4v) is 2.09. The van der Waals surface area contributed by atoms with Crippen LogP contribution in [0, 0.1) is 17.0 Å². The predicted octanol–water partition coefficient (Wildman–Crippen LogP) is 2.86. The summed E-state index contributed by atoms with van der Waals surface area (Å²) < 4.78 is 0.630. The molecule has 0 radical (unpaired) electrons. The lowest BCUT2D eigenvalue weighted by Gasteiger charge is -2.03. The summed E-state index contributed by atoms with van der Waals surface area (Å²) in [7, 11) is 0. The molecule has 0 unspecified atom stereocenters. The maximum atomic E-state index is 11.4. The quantitative estimate of drug-likeness (QED) is 0.406. The van der Waals surface area contributed by atoms with E-state index in [9.17, 15) is 20.1 Å². The number of rotatable bonds is 3. The summed E-state index contributed by atoms with van der Waals surface area (Å²) in [5, 5.41) is 20.8. The van der Waals surface area contributed by atoms with Crippen LogP contribution in [-0.2, 0) is 0 Å². The molecule has 2 aromatic rings. The zero-order valence-electron chi connectivity index (χ0n) is 10.6. The van der Waals surface area contributed by atoms with Crippen molar-refractivity contribution < 1.29 is 14.9 Å². The number of Topliss-reactive ketones (excluding diaryl/α,β-unsaturated/α-hetero) is 1. The van der Waals surface area contributed by atoms with E-state index in [1.54, 1.807) is 6.92 Å². The second-order valence-corrected chi connectivity index (χ2v) is 4.57. The van der Waals surface area contributed by atoms with E-state index in [1.165, 1.54) is 25.1 Å². The Balaban J connectivity index is 2.64. The zero-order chi connectivity index (χ0) is 15.0. The number of aromatic nitrogens is 2. The Morgan fingerprint density at radius 1 is 1.50 bits per heavy atom. The molecule has 0 atom stereocenters. The van der Waals surface area contributed by atoms with Crippen molar-refractivity contribution in [2.45, 2.75) is 13.8 Å². The van der Waals surface area contributed by atoms with Crippen LogP contribution in [0.15, 0.2) is 18.2 Å². The van der Waals surface area contributed by atoms with Crippen molar-refractivity contribution in [2.24, 2.45) is 0 Å². The van der Waals surface area contributed by atoms with Crippen LogP contribution in [0.5, 0.6) is 0 Å². The number of benzene rings is 1. The van der Waals surface area contributed by atoms with E-state index in [-0.39, 0.29) is 28.0 Å². The highest BCUT2D eigenvalue weighted by Crippen LogP contribution is 2.30. The number of halogens is 1. The van der Waals surface area contributed by atoms with E-state index in [0.717, 1.165) is 0 Å². The Hall–Kier alpha value is -2.41. The van der Waals surface area contributed by atoms with Crippen molar-refractivity contribution in [1.29, 1.82) is 0 Å². The van der Waals surface area contributed by atoms with E-state index in [4.69, 9.17) is 11.6 Å². The summed E-state index contributed by atoms with van der Waals surface area (Å²) in [5.41, 5.74) is 0.374. The standard InChI is InChI=1S/C12H10ClN3O4/c1-6-11(7(2)17)15(18)12(14-6)8-3-4-9(13)10(5-8)16(19)20/h3-5,18H,1-2H3. The van der Waals surface area contributed by atoms with Gasteiger partial charge >= 0.3 is 0 Å². The van der Waals surface area contributed by atoms with Gasteiger partial charge in [-0.3, -0.25) is 14.9 Å². The first-order chi connectivity index (χ1) is 9.32. The van der Waals surface area contributed by atoms with Gasteiger partial charge in [-0.1, -0.05) is 11.6 Å². The average Bonchev–Trinajstić information content (AvgIpc) is 2.65. The second kappa shape index (κ2) is 4.93. The van der Waals surface area contributed by atoms with Crippen LogP contribution in [-0.4, -0.2) is 25.6 Å². The Morgan fingerprint density at radius 2 is 2.15 bits per heavy atom. The minimum absolute atomic E-state index is 0.0155. The third-order valence-corrected chi connectivity index (χ3v) is 3.08. The number of imidazole rings is 1. The minimum atomic E-state index is -0.630. The number of aryl methyl sites for hydroxylation is 1. The SMILES string of the molecule is CC(=O)c1c(C)nc(-c2ccc(Cl)c([N+](=O)[O-])c2)n1O. The van der Waals surface area contributed by atoms with E-state index >= 15 is 0 Å². The van der Waals surface area contributed by atoms with Gasteiger partial charge in [-0.2, -0.15) is 4.73 Å². The number of nitro benzene ring substituents is 1. The van der Waals surface area contributed by atoms with Crippen molar-refractivity contribution >= 4 is 23.1 Å².